The van der Waals surface area contributed by atoms with E-state index in [1.165, 1.54) is 32.8 Å². The quantitative estimate of drug-likeness (QED) is 0.426. The summed E-state index contributed by atoms with van der Waals surface area (Å²) < 4.78 is 6.70. The molecule has 0 aliphatic heterocycles. The zero-order valence-corrected chi connectivity index (χ0v) is 11.4. The van der Waals surface area contributed by atoms with Crippen LogP contribution in [0, 0.1) is 0 Å². The predicted octanol–water partition coefficient (Wildman–Crippen LogP) is 2.65. The highest BCUT2D eigenvalue weighted by molar-refractivity contribution is 6.17. The molecule has 0 spiro atoms. The van der Waals surface area contributed by atoms with Crippen LogP contribution in [-0.2, 0) is 21.1 Å². The van der Waals surface area contributed by atoms with Gasteiger partial charge >= 0.3 is 0 Å². The van der Waals surface area contributed by atoms with E-state index >= 15 is 0 Å². The van der Waals surface area contributed by atoms with Gasteiger partial charge in [-0.25, -0.2) is 4.57 Å². The number of para-hydroxylation sites is 1. The maximum absolute atomic E-state index is 2.30. The molecule has 0 fully saturated rings. The molecule has 4 rings (SSSR count). The lowest BCUT2D eigenvalue weighted by Crippen LogP contribution is -2.26. The van der Waals surface area contributed by atoms with E-state index < -0.39 is 0 Å². The zero-order chi connectivity index (χ0) is 13.1. The van der Waals surface area contributed by atoms with Crippen molar-refractivity contribution in [2.75, 3.05) is 0 Å². The average Bonchev–Trinajstić information content (AvgIpc) is 2.87. The van der Waals surface area contributed by atoms with Crippen molar-refractivity contribution >= 4 is 32.8 Å². The summed E-state index contributed by atoms with van der Waals surface area (Å²) in [4.78, 5) is 0. The molecule has 0 radical (unpaired) electrons. The van der Waals surface area contributed by atoms with Gasteiger partial charge < -0.3 is 9.13 Å². The molecule has 0 bridgehead atoms. The number of rotatable bonds is 0. The number of fused-ring (bicyclic) bond motifs is 5. The zero-order valence-electron chi connectivity index (χ0n) is 11.4. The monoisotopic (exact) mass is 250 g/mol. The Kier molecular flexibility index (Phi) is 1.89. The molecule has 94 valence electrons. The van der Waals surface area contributed by atoms with Crippen LogP contribution in [0.25, 0.3) is 32.8 Å². The highest BCUT2D eigenvalue weighted by Gasteiger charge is 2.17. The number of aryl methyl sites for hydroxylation is 3. The second-order valence-electron chi connectivity index (χ2n) is 5.24. The van der Waals surface area contributed by atoms with Crippen LogP contribution >= 0.6 is 0 Å². The van der Waals surface area contributed by atoms with E-state index in [1.807, 2.05) is 0 Å². The molecule has 1 aromatic carbocycles. The fourth-order valence-corrected chi connectivity index (χ4v) is 3.19. The van der Waals surface area contributed by atoms with E-state index in [0.29, 0.717) is 0 Å². The van der Waals surface area contributed by atoms with Crippen molar-refractivity contribution in [3.8, 4) is 0 Å². The summed E-state index contributed by atoms with van der Waals surface area (Å²) in [5.74, 6) is 0. The molecule has 0 N–H and O–H groups in total. The second kappa shape index (κ2) is 3.38. The molecule has 4 aromatic rings. The standard InChI is InChI=1S/C16H16N3/c1-17-9-8-12-14(10-17)19(3)15-11-6-4-5-7-13(11)18(2)16(12)15/h4-10H,1-3H3/q+1. The van der Waals surface area contributed by atoms with Crippen LogP contribution in [0.1, 0.15) is 0 Å². The maximum Gasteiger partial charge on any atom is 0.193 e. The van der Waals surface area contributed by atoms with Gasteiger partial charge in [0.2, 0.25) is 0 Å². The van der Waals surface area contributed by atoms with E-state index in [1.54, 1.807) is 0 Å². The molecular weight excluding hydrogens is 234 g/mol. The first-order valence-corrected chi connectivity index (χ1v) is 6.49. The molecule has 3 heteroatoms. The van der Waals surface area contributed by atoms with Crippen molar-refractivity contribution in [3.63, 3.8) is 0 Å². The van der Waals surface area contributed by atoms with E-state index in [-0.39, 0.29) is 0 Å². The number of aromatic nitrogens is 3. The molecule has 3 heterocycles. The van der Waals surface area contributed by atoms with Crippen LogP contribution < -0.4 is 4.57 Å². The normalized spacial score (nSPS) is 11.9. The Morgan fingerprint density at radius 3 is 2.26 bits per heavy atom. The Hall–Kier alpha value is -2.29. The topological polar surface area (TPSA) is 13.7 Å². The van der Waals surface area contributed by atoms with E-state index in [0.717, 1.165) is 0 Å². The predicted molar refractivity (Wildman–Crippen MR) is 78.1 cm³/mol. The van der Waals surface area contributed by atoms with Crippen molar-refractivity contribution in [2.24, 2.45) is 21.1 Å². The molecular formula is C16H16N3+. The number of hydrogen-bond donors (Lipinski definition) is 0. The summed E-state index contributed by atoms with van der Waals surface area (Å²) in [6.07, 6.45) is 4.30. The smallest absolute Gasteiger partial charge is 0.193 e. The van der Waals surface area contributed by atoms with Gasteiger partial charge in [0, 0.05) is 30.9 Å². The number of benzene rings is 1. The van der Waals surface area contributed by atoms with Crippen LogP contribution in [-0.4, -0.2) is 9.13 Å². The van der Waals surface area contributed by atoms with Crippen LogP contribution in [0.2, 0.25) is 0 Å². The van der Waals surface area contributed by atoms with Crippen LogP contribution in [0.15, 0.2) is 42.7 Å². The van der Waals surface area contributed by atoms with Gasteiger partial charge in [-0.1, -0.05) is 18.2 Å². The van der Waals surface area contributed by atoms with Gasteiger partial charge in [0.15, 0.2) is 12.4 Å². The number of hydrogen-bond acceptors (Lipinski definition) is 0. The van der Waals surface area contributed by atoms with Gasteiger partial charge in [-0.05, 0) is 6.07 Å². The van der Waals surface area contributed by atoms with Gasteiger partial charge in [-0.3, -0.25) is 0 Å². The minimum absolute atomic E-state index is 1.27. The molecule has 0 unspecified atom stereocenters. The first kappa shape index (κ1) is 10.6. The van der Waals surface area contributed by atoms with Crippen molar-refractivity contribution < 1.29 is 4.57 Å². The third kappa shape index (κ3) is 1.19. The second-order valence-corrected chi connectivity index (χ2v) is 5.24. The minimum Gasteiger partial charge on any atom is -0.342 e. The van der Waals surface area contributed by atoms with E-state index in [2.05, 4.69) is 77.6 Å². The van der Waals surface area contributed by atoms with Gasteiger partial charge in [0.25, 0.3) is 0 Å². The Morgan fingerprint density at radius 1 is 0.842 bits per heavy atom. The van der Waals surface area contributed by atoms with E-state index in [4.69, 9.17) is 0 Å². The number of pyridine rings is 1. The SMILES string of the molecule is Cn1c2ccccc2c2c1c1cc[n+](C)cc1n2C. The fourth-order valence-electron chi connectivity index (χ4n) is 3.19. The first-order chi connectivity index (χ1) is 9.18. The van der Waals surface area contributed by atoms with Gasteiger partial charge in [0.05, 0.1) is 16.6 Å². The summed E-state index contributed by atoms with van der Waals surface area (Å²) >= 11 is 0. The summed E-state index contributed by atoms with van der Waals surface area (Å²) in [5, 5.41) is 2.63. The Morgan fingerprint density at radius 2 is 1.47 bits per heavy atom. The minimum atomic E-state index is 1.27. The van der Waals surface area contributed by atoms with Gasteiger partial charge in [-0.2, -0.15) is 0 Å². The lowest BCUT2D eigenvalue weighted by molar-refractivity contribution is -0.670. The summed E-state index contributed by atoms with van der Waals surface area (Å²) in [7, 11) is 6.36. The lowest BCUT2D eigenvalue weighted by atomic mass is 10.2. The molecule has 0 atom stereocenters. The molecule has 0 aliphatic carbocycles. The molecule has 0 amide bonds. The van der Waals surface area contributed by atoms with Crippen LogP contribution in [0.4, 0.5) is 0 Å². The highest BCUT2D eigenvalue weighted by atomic mass is 15.0. The maximum atomic E-state index is 2.30. The largest absolute Gasteiger partial charge is 0.342 e. The van der Waals surface area contributed by atoms with Gasteiger partial charge in [0.1, 0.15) is 12.6 Å². The third-order valence-corrected chi connectivity index (χ3v) is 4.11. The Balaban J connectivity index is 2.39. The van der Waals surface area contributed by atoms with Crippen LogP contribution in [0.5, 0.6) is 0 Å². The van der Waals surface area contributed by atoms with Crippen LogP contribution in [0.3, 0.4) is 0 Å². The summed E-state index contributed by atoms with van der Waals surface area (Å²) in [6.45, 7) is 0. The first-order valence-electron chi connectivity index (χ1n) is 6.49. The number of nitrogens with zero attached hydrogens (tertiary/aromatic N) is 3. The molecule has 3 nitrogen and oxygen atoms in total. The Labute approximate surface area is 111 Å². The van der Waals surface area contributed by atoms with Crippen molar-refractivity contribution in [2.45, 2.75) is 0 Å². The lowest BCUT2D eigenvalue weighted by Gasteiger charge is -1.99. The van der Waals surface area contributed by atoms with Crippen molar-refractivity contribution in [3.05, 3.63) is 42.7 Å². The fraction of sp³-hybridized carbons (Fsp3) is 0.188. The third-order valence-electron chi connectivity index (χ3n) is 4.11. The molecule has 0 saturated carbocycles. The van der Waals surface area contributed by atoms with Gasteiger partial charge in [-0.15, -0.1) is 0 Å². The Bertz CT molecular complexity index is 941. The summed E-state index contributed by atoms with van der Waals surface area (Å²) in [5.41, 5.74) is 5.20. The average molecular weight is 250 g/mol. The molecule has 19 heavy (non-hydrogen) atoms. The van der Waals surface area contributed by atoms with Crippen molar-refractivity contribution in [1.29, 1.82) is 0 Å². The molecule has 0 saturated heterocycles. The van der Waals surface area contributed by atoms with Crippen molar-refractivity contribution in [1.82, 2.24) is 9.13 Å². The summed E-state index contributed by atoms with van der Waals surface area (Å²) in [6, 6.07) is 10.8. The molecule has 3 aromatic heterocycles. The molecule has 0 aliphatic rings. The van der Waals surface area contributed by atoms with E-state index in [9.17, 15) is 0 Å². The highest BCUT2D eigenvalue weighted by Crippen LogP contribution is 2.34.